The summed E-state index contributed by atoms with van der Waals surface area (Å²) in [4.78, 5) is 0. The van der Waals surface area contributed by atoms with Crippen LogP contribution in [0.4, 0.5) is 4.39 Å². The fraction of sp³-hybridized carbons (Fsp3) is 0.111. The molecule has 4 aromatic rings. The fourth-order valence-corrected chi connectivity index (χ4v) is 4.05. The number of nitrogens with one attached hydrogen (secondary N) is 1. The van der Waals surface area contributed by atoms with Gasteiger partial charge in [0.05, 0.1) is 17.2 Å². The minimum atomic E-state index is -0.488. The molecule has 1 atom stereocenters. The third-order valence-electron chi connectivity index (χ3n) is 5.79. The molecule has 0 spiro atoms. The molecule has 1 aliphatic heterocycles. The van der Waals surface area contributed by atoms with Gasteiger partial charge in [-0.05, 0) is 42.3 Å². The van der Waals surface area contributed by atoms with Crippen molar-refractivity contribution in [3.05, 3.63) is 112 Å². The number of aromatic nitrogens is 2. The first-order chi connectivity index (χ1) is 16.5. The predicted octanol–water partition coefficient (Wildman–Crippen LogP) is 5.32. The van der Waals surface area contributed by atoms with Crippen LogP contribution in [0.15, 0.2) is 84.3 Å². The maximum Gasteiger partial charge on any atom is 0.244 e. The largest absolute Gasteiger partial charge is 0.489 e. The molecule has 0 saturated heterocycles. The van der Waals surface area contributed by atoms with Gasteiger partial charge in [0.1, 0.15) is 29.8 Å². The van der Waals surface area contributed by atoms with Gasteiger partial charge in [-0.3, -0.25) is 5.10 Å². The topological polar surface area (TPSA) is 97.0 Å². The summed E-state index contributed by atoms with van der Waals surface area (Å²) in [5.74, 6) is 0.206. The highest BCUT2D eigenvalue weighted by Crippen LogP contribution is 2.46. The Morgan fingerprint density at radius 1 is 1.12 bits per heavy atom. The lowest BCUT2D eigenvalue weighted by molar-refractivity contribution is 0.305. The van der Waals surface area contributed by atoms with Crippen LogP contribution in [0, 0.1) is 24.1 Å². The van der Waals surface area contributed by atoms with E-state index in [1.54, 1.807) is 12.1 Å². The molecule has 6 nitrogen and oxygen atoms in total. The number of nitrogens with two attached hydrogens (primary N) is 1. The minimum absolute atomic E-state index is 0.0274. The van der Waals surface area contributed by atoms with Gasteiger partial charge >= 0.3 is 0 Å². The first-order valence-corrected chi connectivity index (χ1v) is 10.7. The number of halogens is 1. The summed E-state index contributed by atoms with van der Waals surface area (Å²) < 4.78 is 24.8. The molecule has 3 N–H and O–H groups in total. The molecular weight excluding hydrogens is 431 g/mol. The molecule has 3 aromatic carbocycles. The van der Waals surface area contributed by atoms with Crippen molar-refractivity contribution in [1.29, 1.82) is 5.26 Å². The normalized spacial score (nSPS) is 14.8. The van der Waals surface area contributed by atoms with Crippen LogP contribution < -0.4 is 15.2 Å². The molecule has 34 heavy (non-hydrogen) atoms. The monoisotopic (exact) mass is 452 g/mol. The molecule has 7 heteroatoms. The number of aromatic amines is 1. The van der Waals surface area contributed by atoms with E-state index in [-0.39, 0.29) is 18.3 Å². The number of rotatable bonds is 5. The second-order valence-corrected chi connectivity index (χ2v) is 8.10. The number of allylic oxidation sites excluding steroid dienone is 1. The van der Waals surface area contributed by atoms with Crippen LogP contribution in [0.25, 0.3) is 11.3 Å². The number of nitriles is 1. The van der Waals surface area contributed by atoms with Crippen LogP contribution in [0.5, 0.6) is 11.6 Å². The van der Waals surface area contributed by atoms with E-state index in [0.29, 0.717) is 17.2 Å². The maximum atomic E-state index is 13.2. The van der Waals surface area contributed by atoms with Gasteiger partial charge in [-0.2, -0.15) is 5.26 Å². The average molecular weight is 452 g/mol. The van der Waals surface area contributed by atoms with Crippen LogP contribution in [0.2, 0.25) is 0 Å². The molecule has 0 fully saturated rings. The van der Waals surface area contributed by atoms with Crippen LogP contribution >= 0.6 is 0 Å². The van der Waals surface area contributed by atoms with E-state index in [1.807, 2.05) is 55.5 Å². The van der Waals surface area contributed by atoms with Crippen molar-refractivity contribution < 1.29 is 13.9 Å². The van der Waals surface area contributed by atoms with E-state index < -0.39 is 5.92 Å². The highest BCUT2D eigenvalue weighted by molar-refractivity contribution is 5.71. The Hall–Kier alpha value is -4.57. The maximum absolute atomic E-state index is 13.2. The number of aryl methyl sites for hydroxylation is 1. The van der Waals surface area contributed by atoms with E-state index in [1.165, 1.54) is 12.1 Å². The summed E-state index contributed by atoms with van der Waals surface area (Å²) in [5, 5.41) is 17.3. The highest BCUT2D eigenvalue weighted by atomic mass is 19.1. The standard InChI is InChI=1S/C27H21FN4O2/c1-16-5-9-18(10-6-16)25-24-23(22(14-29)26(30)34-27(24)32-31-25)19-3-2-4-21(13-19)33-15-17-7-11-20(28)12-8-17/h2-13,23H,15,30H2,1H3,(H,31,32). The zero-order valence-corrected chi connectivity index (χ0v) is 18.4. The average Bonchev–Trinajstić information content (AvgIpc) is 3.26. The van der Waals surface area contributed by atoms with Crippen molar-refractivity contribution in [2.24, 2.45) is 5.73 Å². The molecule has 0 radical (unpaired) electrons. The third-order valence-corrected chi connectivity index (χ3v) is 5.79. The lowest BCUT2D eigenvalue weighted by atomic mass is 9.83. The smallest absolute Gasteiger partial charge is 0.244 e. The van der Waals surface area contributed by atoms with E-state index >= 15 is 0 Å². The van der Waals surface area contributed by atoms with Crippen molar-refractivity contribution in [2.45, 2.75) is 19.4 Å². The number of ether oxygens (including phenoxy) is 2. The molecule has 1 aromatic heterocycles. The molecule has 0 aliphatic carbocycles. The van der Waals surface area contributed by atoms with E-state index in [4.69, 9.17) is 15.2 Å². The Bertz CT molecular complexity index is 1420. The summed E-state index contributed by atoms with van der Waals surface area (Å²) in [6.07, 6.45) is 0. The molecule has 1 aliphatic rings. The summed E-state index contributed by atoms with van der Waals surface area (Å²) in [6, 6.07) is 23.9. The molecule has 2 heterocycles. The number of nitrogens with zero attached hydrogens (tertiary/aromatic N) is 2. The minimum Gasteiger partial charge on any atom is -0.489 e. The van der Waals surface area contributed by atoms with Crippen molar-refractivity contribution >= 4 is 0 Å². The SMILES string of the molecule is Cc1ccc(-c2[nH]nc3c2C(c2cccc(OCc4ccc(F)cc4)c2)C(C#N)=C(N)O3)cc1. The summed E-state index contributed by atoms with van der Waals surface area (Å²) >= 11 is 0. The second-order valence-electron chi connectivity index (χ2n) is 8.10. The number of benzene rings is 3. The van der Waals surface area contributed by atoms with Crippen molar-refractivity contribution in [3.8, 4) is 29.0 Å². The fourth-order valence-electron chi connectivity index (χ4n) is 4.05. The van der Waals surface area contributed by atoms with Crippen molar-refractivity contribution in [1.82, 2.24) is 10.2 Å². The number of fused-ring (bicyclic) bond motifs is 1. The summed E-state index contributed by atoms with van der Waals surface area (Å²) in [7, 11) is 0. The summed E-state index contributed by atoms with van der Waals surface area (Å²) in [6.45, 7) is 2.30. The number of H-pyrrole nitrogens is 1. The first-order valence-electron chi connectivity index (χ1n) is 10.7. The van der Waals surface area contributed by atoms with Crippen LogP contribution in [0.3, 0.4) is 0 Å². The zero-order chi connectivity index (χ0) is 23.7. The lowest BCUT2D eigenvalue weighted by Gasteiger charge is -2.24. The van der Waals surface area contributed by atoms with Gasteiger partial charge in [-0.25, -0.2) is 4.39 Å². The Morgan fingerprint density at radius 2 is 1.88 bits per heavy atom. The molecular formula is C27H21FN4O2. The van der Waals surface area contributed by atoms with Crippen LogP contribution in [-0.4, -0.2) is 10.2 Å². The lowest BCUT2D eigenvalue weighted by Crippen LogP contribution is -2.21. The zero-order valence-electron chi connectivity index (χ0n) is 18.4. The van der Waals surface area contributed by atoms with Crippen molar-refractivity contribution in [2.75, 3.05) is 0 Å². The number of hydrogen-bond donors (Lipinski definition) is 2. The highest BCUT2D eigenvalue weighted by Gasteiger charge is 2.35. The van der Waals surface area contributed by atoms with E-state index in [0.717, 1.165) is 33.5 Å². The van der Waals surface area contributed by atoms with Crippen molar-refractivity contribution in [3.63, 3.8) is 0 Å². The quantitative estimate of drug-likeness (QED) is 0.427. The Balaban J connectivity index is 1.53. The molecule has 0 amide bonds. The van der Waals surface area contributed by atoms with E-state index in [9.17, 15) is 9.65 Å². The predicted molar refractivity (Wildman–Crippen MR) is 125 cm³/mol. The Morgan fingerprint density at radius 3 is 2.62 bits per heavy atom. The number of hydrogen-bond acceptors (Lipinski definition) is 5. The second kappa shape index (κ2) is 8.75. The van der Waals surface area contributed by atoms with Gasteiger partial charge < -0.3 is 15.2 Å². The molecule has 1 unspecified atom stereocenters. The van der Waals surface area contributed by atoms with Gasteiger partial charge in [0, 0.05) is 5.56 Å². The Labute approximate surface area is 196 Å². The van der Waals surface area contributed by atoms with Gasteiger partial charge in [0.15, 0.2) is 0 Å². The third kappa shape index (κ3) is 3.97. The molecule has 5 rings (SSSR count). The Kier molecular flexibility index (Phi) is 5.48. The van der Waals surface area contributed by atoms with E-state index in [2.05, 4.69) is 16.3 Å². The van der Waals surface area contributed by atoms with Gasteiger partial charge in [-0.15, -0.1) is 5.10 Å². The molecule has 0 bridgehead atoms. The molecule has 168 valence electrons. The van der Waals surface area contributed by atoms with Gasteiger partial charge in [0.2, 0.25) is 11.8 Å². The van der Waals surface area contributed by atoms with Gasteiger partial charge in [0.25, 0.3) is 0 Å². The van der Waals surface area contributed by atoms with Gasteiger partial charge in [-0.1, -0.05) is 54.1 Å². The first kappa shape index (κ1) is 21.3. The van der Waals surface area contributed by atoms with Crippen LogP contribution in [-0.2, 0) is 6.61 Å². The summed E-state index contributed by atoms with van der Waals surface area (Å²) in [5.41, 5.74) is 11.6. The molecule has 0 saturated carbocycles. The van der Waals surface area contributed by atoms with Crippen LogP contribution in [0.1, 0.15) is 28.2 Å².